The van der Waals surface area contributed by atoms with E-state index < -0.39 is 0 Å². The Balaban J connectivity index is 2.31. The third-order valence-corrected chi connectivity index (χ3v) is 3.10. The first kappa shape index (κ1) is 15.3. The SMILES string of the molecule is CC(C)OC(=O)COc1c(C(C)N)ccc2ccccc12. The van der Waals surface area contributed by atoms with Crippen molar-refractivity contribution in [1.29, 1.82) is 0 Å². The van der Waals surface area contributed by atoms with Gasteiger partial charge in [-0.2, -0.15) is 0 Å². The molecule has 0 amide bonds. The van der Waals surface area contributed by atoms with E-state index in [2.05, 4.69) is 0 Å². The Morgan fingerprint density at radius 1 is 1.14 bits per heavy atom. The molecule has 2 aromatic carbocycles. The Bertz CT molecular complexity index is 635. The minimum atomic E-state index is -0.381. The molecule has 21 heavy (non-hydrogen) atoms. The first-order valence-electron chi connectivity index (χ1n) is 7.08. The second-order valence-corrected chi connectivity index (χ2v) is 5.32. The Hall–Kier alpha value is -2.07. The van der Waals surface area contributed by atoms with Crippen molar-refractivity contribution in [3.63, 3.8) is 0 Å². The van der Waals surface area contributed by atoms with Crippen molar-refractivity contribution in [1.82, 2.24) is 0 Å². The van der Waals surface area contributed by atoms with Crippen molar-refractivity contribution in [2.24, 2.45) is 5.73 Å². The minimum absolute atomic E-state index is 0.119. The van der Waals surface area contributed by atoms with Crippen LogP contribution in [-0.2, 0) is 9.53 Å². The molecule has 0 fully saturated rings. The fraction of sp³-hybridized carbons (Fsp3) is 0.353. The standard InChI is InChI=1S/C17H21NO3/c1-11(2)21-16(19)10-20-17-14(12(3)18)9-8-13-6-4-5-7-15(13)17/h4-9,11-12H,10,18H2,1-3H3. The lowest BCUT2D eigenvalue weighted by atomic mass is 10.0. The second-order valence-electron chi connectivity index (χ2n) is 5.32. The maximum Gasteiger partial charge on any atom is 0.344 e. The second kappa shape index (κ2) is 6.59. The first-order valence-corrected chi connectivity index (χ1v) is 7.08. The maximum absolute atomic E-state index is 11.7. The predicted octanol–water partition coefficient (Wildman–Crippen LogP) is 3.19. The molecule has 1 unspecified atom stereocenters. The van der Waals surface area contributed by atoms with Gasteiger partial charge in [0.15, 0.2) is 6.61 Å². The number of benzene rings is 2. The number of hydrogen-bond donors (Lipinski definition) is 1. The largest absolute Gasteiger partial charge is 0.481 e. The van der Waals surface area contributed by atoms with Gasteiger partial charge in [-0.15, -0.1) is 0 Å². The highest BCUT2D eigenvalue weighted by Crippen LogP contribution is 2.32. The summed E-state index contributed by atoms with van der Waals surface area (Å²) in [7, 11) is 0. The zero-order valence-corrected chi connectivity index (χ0v) is 12.6. The first-order chi connectivity index (χ1) is 9.99. The van der Waals surface area contributed by atoms with Crippen LogP contribution in [0.4, 0.5) is 0 Å². The van der Waals surface area contributed by atoms with Gasteiger partial charge in [-0.1, -0.05) is 36.4 Å². The van der Waals surface area contributed by atoms with Crippen LogP contribution in [0.1, 0.15) is 32.4 Å². The molecule has 0 heterocycles. The van der Waals surface area contributed by atoms with Crippen molar-refractivity contribution in [3.8, 4) is 5.75 Å². The van der Waals surface area contributed by atoms with Gasteiger partial charge in [0.25, 0.3) is 0 Å². The summed E-state index contributed by atoms with van der Waals surface area (Å²) in [5.41, 5.74) is 6.88. The van der Waals surface area contributed by atoms with Gasteiger partial charge in [0.2, 0.25) is 0 Å². The molecule has 0 bridgehead atoms. The summed E-state index contributed by atoms with van der Waals surface area (Å²) >= 11 is 0. The third-order valence-electron chi connectivity index (χ3n) is 3.10. The van der Waals surface area contributed by atoms with Crippen LogP contribution in [0.15, 0.2) is 36.4 Å². The molecule has 0 aliphatic heterocycles. The van der Waals surface area contributed by atoms with Gasteiger partial charge in [-0.25, -0.2) is 4.79 Å². The Morgan fingerprint density at radius 3 is 2.52 bits per heavy atom. The van der Waals surface area contributed by atoms with Crippen molar-refractivity contribution >= 4 is 16.7 Å². The van der Waals surface area contributed by atoms with Crippen LogP contribution in [0.25, 0.3) is 10.8 Å². The van der Waals surface area contributed by atoms with Gasteiger partial charge in [0.1, 0.15) is 5.75 Å². The Labute approximate surface area is 124 Å². The molecule has 0 saturated heterocycles. The smallest absolute Gasteiger partial charge is 0.344 e. The maximum atomic E-state index is 11.7. The van der Waals surface area contributed by atoms with Gasteiger partial charge in [-0.05, 0) is 26.2 Å². The van der Waals surface area contributed by atoms with Crippen LogP contribution < -0.4 is 10.5 Å². The molecule has 4 heteroatoms. The van der Waals surface area contributed by atoms with E-state index in [1.807, 2.05) is 57.2 Å². The monoisotopic (exact) mass is 287 g/mol. The van der Waals surface area contributed by atoms with Gasteiger partial charge in [0.05, 0.1) is 6.10 Å². The van der Waals surface area contributed by atoms with Crippen LogP contribution in [0.3, 0.4) is 0 Å². The summed E-state index contributed by atoms with van der Waals surface area (Å²) in [5.74, 6) is 0.275. The molecule has 2 N–H and O–H groups in total. The molecular weight excluding hydrogens is 266 g/mol. The van der Waals surface area contributed by atoms with Crippen molar-refractivity contribution in [2.45, 2.75) is 32.9 Å². The number of carbonyl (C=O) groups excluding carboxylic acids is 1. The molecule has 4 nitrogen and oxygen atoms in total. The highest BCUT2D eigenvalue weighted by Gasteiger charge is 2.14. The molecule has 0 radical (unpaired) electrons. The average molecular weight is 287 g/mol. The van der Waals surface area contributed by atoms with E-state index in [4.69, 9.17) is 15.2 Å². The fourth-order valence-corrected chi connectivity index (χ4v) is 2.21. The van der Waals surface area contributed by atoms with E-state index in [-0.39, 0.29) is 24.7 Å². The molecular formula is C17H21NO3. The predicted molar refractivity (Wildman–Crippen MR) is 83.3 cm³/mol. The summed E-state index contributed by atoms with van der Waals surface area (Å²) < 4.78 is 10.8. The van der Waals surface area contributed by atoms with Gasteiger partial charge in [0, 0.05) is 17.0 Å². The van der Waals surface area contributed by atoms with Crippen molar-refractivity contribution in [2.75, 3.05) is 6.61 Å². The molecule has 2 aromatic rings. The van der Waals surface area contributed by atoms with Crippen LogP contribution in [0, 0.1) is 0 Å². The number of nitrogens with two attached hydrogens (primary N) is 1. The number of rotatable bonds is 5. The van der Waals surface area contributed by atoms with Crippen molar-refractivity contribution < 1.29 is 14.3 Å². The Morgan fingerprint density at radius 2 is 1.86 bits per heavy atom. The highest BCUT2D eigenvalue weighted by molar-refractivity contribution is 5.90. The van der Waals surface area contributed by atoms with E-state index in [9.17, 15) is 4.79 Å². The van der Waals surface area contributed by atoms with Crippen LogP contribution >= 0.6 is 0 Å². The lowest BCUT2D eigenvalue weighted by Gasteiger charge is -2.17. The third kappa shape index (κ3) is 3.73. The Kier molecular flexibility index (Phi) is 4.81. The van der Waals surface area contributed by atoms with Gasteiger partial charge in [-0.3, -0.25) is 0 Å². The molecule has 1 atom stereocenters. The average Bonchev–Trinajstić information content (AvgIpc) is 2.43. The lowest BCUT2D eigenvalue weighted by molar-refractivity contribution is -0.149. The molecule has 0 saturated carbocycles. The molecule has 0 aliphatic carbocycles. The number of ether oxygens (including phenoxy) is 2. The van der Waals surface area contributed by atoms with Crippen LogP contribution in [0.5, 0.6) is 5.75 Å². The van der Waals surface area contributed by atoms with Crippen LogP contribution in [-0.4, -0.2) is 18.7 Å². The molecule has 0 aliphatic rings. The van der Waals surface area contributed by atoms with E-state index >= 15 is 0 Å². The number of esters is 1. The zero-order chi connectivity index (χ0) is 15.4. The molecule has 2 rings (SSSR count). The fourth-order valence-electron chi connectivity index (χ4n) is 2.21. The topological polar surface area (TPSA) is 61.5 Å². The van der Waals surface area contributed by atoms with E-state index in [1.165, 1.54) is 0 Å². The minimum Gasteiger partial charge on any atom is -0.481 e. The van der Waals surface area contributed by atoms with E-state index in [1.54, 1.807) is 0 Å². The summed E-state index contributed by atoms with van der Waals surface area (Å²) in [6.45, 7) is 5.39. The summed E-state index contributed by atoms with van der Waals surface area (Å²) in [4.78, 5) is 11.7. The normalized spacial score (nSPS) is 12.4. The summed E-state index contributed by atoms with van der Waals surface area (Å²) in [6, 6.07) is 11.6. The zero-order valence-electron chi connectivity index (χ0n) is 12.6. The number of carbonyl (C=O) groups is 1. The lowest BCUT2D eigenvalue weighted by Crippen LogP contribution is -2.19. The molecule has 0 spiro atoms. The molecule has 112 valence electrons. The van der Waals surface area contributed by atoms with Crippen LogP contribution in [0.2, 0.25) is 0 Å². The number of hydrogen-bond acceptors (Lipinski definition) is 4. The summed E-state index contributed by atoms with van der Waals surface area (Å²) in [5, 5.41) is 2.00. The van der Waals surface area contributed by atoms with Gasteiger partial charge >= 0.3 is 5.97 Å². The molecule has 0 aromatic heterocycles. The van der Waals surface area contributed by atoms with E-state index in [0.717, 1.165) is 16.3 Å². The number of fused-ring (bicyclic) bond motifs is 1. The highest BCUT2D eigenvalue weighted by atomic mass is 16.6. The van der Waals surface area contributed by atoms with Crippen molar-refractivity contribution in [3.05, 3.63) is 42.0 Å². The quantitative estimate of drug-likeness (QED) is 0.858. The summed E-state index contributed by atoms with van der Waals surface area (Å²) in [6.07, 6.45) is -0.151. The van der Waals surface area contributed by atoms with Gasteiger partial charge < -0.3 is 15.2 Å². The van der Waals surface area contributed by atoms with E-state index in [0.29, 0.717) is 5.75 Å².